The molecule has 2 aromatic rings. The molecule has 0 saturated heterocycles. The van der Waals surface area contributed by atoms with Gasteiger partial charge in [0.05, 0.1) is 17.7 Å². The maximum Gasteiger partial charge on any atom is 0.340 e. The van der Waals surface area contributed by atoms with Crippen molar-refractivity contribution in [3.63, 3.8) is 0 Å². The molecule has 0 atom stereocenters. The highest BCUT2D eigenvalue weighted by Gasteiger charge is 2.16. The fourth-order valence-corrected chi connectivity index (χ4v) is 1.90. The summed E-state index contributed by atoms with van der Waals surface area (Å²) in [5.41, 5.74) is 2.55. The molecular weight excluding hydrogens is 214 g/mol. The second kappa shape index (κ2) is 5.04. The van der Waals surface area contributed by atoms with Crippen LogP contribution in [0.25, 0.3) is 5.52 Å². The second-order valence-electron chi connectivity index (χ2n) is 4.17. The van der Waals surface area contributed by atoms with Gasteiger partial charge < -0.3 is 9.14 Å². The molecule has 0 unspecified atom stereocenters. The van der Waals surface area contributed by atoms with Gasteiger partial charge in [0.15, 0.2) is 0 Å². The quantitative estimate of drug-likeness (QED) is 0.597. The number of aromatic nitrogens is 1. The van der Waals surface area contributed by atoms with Crippen molar-refractivity contribution < 1.29 is 9.53 Å². The standard InChI is InChI=1S/C14H17NO2/c1-3-4-9-17-14(16)13-11(2)10-15-8-6-5-7-12(13)15/h5-8,10H,3-4,9H2,1-2H3. The first kappa shape index (κ1) is 11.7. The van der Waals surface area contributed by atoms with E-state index >= 15 is 0 Å². The number of ether oxygens (including phenoxy) is 1. The molecule has 0 aliphatic carbocycles. The van der Waals surface area contributed by atoms with Gasteiger partial charge in [0.25, 0.3) is 0 Å². The molecule has 2 heterocycles. The van der Waals surface area contributed by atoms with Gasteiger partial charge in [-0.25, -0.2) is 4.79 Å². The van der Waals surface area contributed by atoms with Gasteiger partial charge in [0, 0.05) is 12.4 Å². The third-order valence-corrected chi connectivity index (χ3v) is 2.81. The number of pyridine rings is 1. The first-order chi connectivity index (χ1) is 8.24. The van der Waals surface area contributed by atoms with Crippen molar-refractivity contribution in [2.45, 2.75) is 26.7 Å². The summed E-state index contributed by atoms with van der Waals surface area (Å²) in [5, 5.41) is 0. The molecule has 0 N–H and O–H groups in total. The van der Waals surface area contributed by atoms with Crippen molar-refractivity contribution in [2.75, 3.05) is 6.61 Å². The number of carbonyl (C=O) groups is 1. The molecule has 2 rings (SSSR count). The number of rotatable bonds is 4. The van der Waals surface area contributed by atoms with Crippen LogP contribution in [0.5, 0.6) is 0 Å². The predicted octanol–water partition coefficient (Wildman–Crippen LogP) is 3.20. The van der Waals surface area contributed by atoms with Gasteiger partial charge in [0.1, 0.15) is 0 Å². The highest BCUT2D eigenvalue weighted by molar-refractivity contribution is 5.99. The van der Waals surface area contributed by atoms with Crippen LogP contribution in [0, 0.1) is 6.92 Å². The fourth-order valence-electron chi connectivity index (χ4n) is 1.90. The monoisotopic (exact) mass is 231 g/mol. The maximum absolute atomic E-state index is 12.0. The summed E-state index contributed by atoms with van der Waals surface area (Å²) in [7, 11) is 0. The number of esters is 1. The third-order valence-electron chi connectivity index (χ3n) is 2.81. The van der Waals surface area contributed by atoms with Gasteiger partial charge in [-0.05, 0) is 31.0 Å². The van der Waals surface area contributed by atoms with Crippen LogP contribution in [-0.2, 0) is 4.74 Å². The molecule has 0 aliphatic heterocycles. The van der Waals surface area contributed by atoms with E-state index in [0.29, 0.717) is 12.2 Å². The van der Waals surface area contributed by atoms with Crippen LogP contribution < -0.4 is 0 Å². The number of unbranched alkanes of at least 4 members (excludes halogenated alkanes) is 1. The van der Waals surface area contributed by atoms with Crippen LogP contribution in [-0.4, -0.2) is 17.0 Å². The Morgan fingerprint density at radius 2 is 2.24 bits per heavy atom. The minimum Gasteiger partial charge on any atom is -0.462 e. The van der Waals surface area contributed by atoms with Crippen molar-refractivity contribution in [1.82, 2.24) is 4.40 Å². The second-order valence-corrected chi connectivity index (χ2v) is 4.17. The molecule has 0 bridgehead atoms. The van der Waals surface area contributed by atoms with Crippen molar-refractivity contribution in [3.05, 3.63) is 41.7 Å². The zero-order chi connectivity index (χ0) is 12.3. The number of hydrogen-bond donors (Lipinski definition) is 0. The highest BCUT2D eigenvalue weighted by atomic mass is 16.5. The Kier molecular flexibility index (Phi) is 3.47. The molecule has 3 nitrogen and oxygen atoms in total. The zero-order valence-corrected chi connectivity index (χ0v) is 10.3. The van der Waals surface area contributed by atoms with Gasteiger partial charge in [-0.1, -0.05) is 19.4 Å². The summed E-state index contributed by atoms with van der Waals surface area (Å²) >= 11 is 0. The molecule has 0 saturated carbocycles. The van der Waals surface area contributed by atoms with Crippen LogP contribution >= 0.6 is 0 Å². The average molecular weight is 231 g/mol. The zero-order valence-electron chi connectivity index (χ0n) is 10.3. The maximum atomic E-state index is 12.0. The van der Waals surface area contributed by atoms with Gasteiger partial charge >= 0.3 is 5.97 Å². The van der Waals surface area contributed by atoms with E-state index < -0.39 is 0 Å². The topological polar surface area (TPSA) is 30.7 Å². The SMILES string of the molecule is CCCCOC(=O)c1c(C)cn2ccccc12. The van der Waals surface area contributed by atoms with Crippen molar-refractivity contribution >= 4 is 11.5 Å². The summed E-state index contributed by atoms with van der Waals surface area (Å²) < 4.78 is 7.21. The smallest absolute Gasteiger partial charge is 0.340 e. The Morgan fingerprint density at radius 3 is 3.00 bits per heavy atom. The minimum atomic E-state index is -0.218. The van der Waals surface area contributed by atoms with E-state index in [2.05, 4.69) is 6.92 Å². The van der Waals surface area contributed by atoms with Gasteiger partial charge in [-0.3, -0.25) is 0 Å². The van der Waals surface area contributed by atoms with E-state index in [-0.39, 0.29) is 5.97 Å². The largest absolute Gasteiger partial charge is 0.462 e. The number of fused-ring (bicyclic) bond motifs is 1. The number of carbonyl (C=O) groups excluding carboxylic acids is 1. The lowest BCUT2D eigenvalue weighted by molar-refractivity contribution is 0.0501. The van der Waals surface area contributed by atoms with E-state index in [9.17, 15) is 4.79 Å². The van der Waals surface area contributed by atoms with Crippen LogP contribution in [0.2, 0.25) is 0 Å². The molecule has 90 valence electrons. The Labute approximate surface area is 101 Å². The Morgan fingerprint density at radius 1 is 1.41 bits per heavy atom. The van der Waals surface area contributed by atoms with Crippen LogP contribution in [0.3, 0.4) is 0 Å². The first-order valence-corrected chi connectivity index (χ1v) is 5.97. The lowest BCUT2D eigenvalue weighted by atomic mass is 10.2. The molecule has 0 aliphatic rings. The predicted molar refractivity (Wildman–Crippen MR) is 67.3 cm³/mol. The van der Waals surface area contributed by atoms with E-state index in [1.165, 1.54) is 0 Å². The lowest BCUT2D eigenvalue weighted by Gasteiger charge is -2.04. The van der Waals surface area contributed by atoms with Crippen LogP contribution in [0.15, 0.2) is 30.6 Å². The molecule has 0 amide bonds. The normalized spacial score (nSPS) is 10.7. The molecular formula is C14H17NO2. The Bertz CT molecular complexity index is 528. The van der Waals surface area contributed by atoms with Crippen LogP contribution in [0.1, 0.15) is 35.7 Å². The number of nitrogens with zero attached hydrogens (tertiary/aromatic N) is 1. The first-order valence-electron chi connectivity index (χ1n) is 5.97. The molecule has 3 heteroatoms. The van der Waals surface area contributed by atoms with Gasteiger partial charge in [0.2, 0.25) is 0 Å². The summed E-state index contributed by atoms with van der Waals surface area (Å²) in [6.07, 6.45) is 5.83. The minimum absolute atomic E-state index is 0.218. The third kappa shape index (κ3) is 2.33. The summed E-state index contributed by atoms with van der Waals surface area (Å²) in [6.45, 7) is 4.51. The average Bonchev–Trinajstić information content (AvgIpc) is 2.65. The van der Waals surface area contributed by atoms with E-state index in [4.69, 9.17) is 4.74 Å². The lowest BCUT2D eigenvalue weighted by Crippen LogP contribution is -2.07. The fraction of sp³-hybridized carbons (Fsp3) is 0.357. The molecule has 0 aromatic carbocycles. The van der Waals surface area contributed by atoms with Crippen molar-refractivity contribution in [3.8, 4) is 0 Å². The molecule has 0 radical (unpaired) electrons. The highest BCUT2D eigenvalue weighted by Crippen LogP contribution is 2.18. The number of hydrogen-bond acceptors (Lipinski definition) is 2. The van der Waals surface area contributed by atoms with Crippen molar-refractivity contribution in [2.24, 2.45) is 0 Å². The molecule has 17 heavy (non-hydrogen) atoms. The van der Waals surface area contributed by atoms with Gasteiger partial charge in [-0.2, -0.15) is 0 Å². The summed E-state index contributed by atoms with van der Waals surface area (Å²) in [4.78, 5) is 12.0. The van der Waals surface area contributed by atoms with Gasteiger partial charge in [-0.15, -0.1) is 0 Å². The molecule has 0 spiro atoms. The number of aryl methyl sites for hydroxylation is 1. The van der Waals surface area contributed by atoms with E-state index in [1.807, 2.05) is 41.9 Å². The molecule has 2 aromatic heterocycles. The Balaban J connectivity index is 2.28. The van der Waals surface area contributed by atoms with Crippen LogP contribution in [0.4, 0.5) is 0 Å². The molecule has 0 fully saturated rings. The van der Waals surface area contributed by atoms with Crippen molar-refractivity contribution in [1.29, 1.82) is 0 Å². The van der Waals surface area contributed by atoms with E-state index in [0.717, 1.165) is 23.9 Å². The van der Waals surface area contributed by atoms with E-state index in [1.54, 1.807) is 0 Å². The Hall–Kier alpha value is -1.77. The summed E-state index contributed by atoms with van der Waals surface area (Å²) in [6, 6.07) is 5.81. The summed E-state index contributed by atoms with van der Waals surface area (Å²) in [5.74, 6) is -0.218.